The van der Waals surface area contributed by atoms with Gasteiger partial charge in [-0.3, -0.25) is 4.79 Å². The summed E-state index contributed by atoms with van der Waals surface area (Å²) in [4.78, 5) is 10.4. The van der Waals surface area contributed by atoms with Crippen LogP contribution >= 0.6 is 0 Å². The van der Waals surface area contributed by atoms with Gasteiger partial charge in [-0.05, 0) is 18.8 Å². The van der Waals surface area contributed by atoms with Crippen molar-refractivity contribution in [1.82, 2.24) is 0 Å². The molecule has 1 N–H and O–H groups in total. The molecule has 1 aliphatic rings. The fraction of sp³-hybridized carbons (Fsp3) is 0.667. The largest absolute Gasteiger partial charge is 0.515 e. The molecule has 2 heteroatoms. The smallest absolute Gasteiger partial charge is 0.149 e. The van der Waals surface area contributed by atoms with Crippen LogP contribution in [0.1, 0.15) is 32.1 Å². The van der Waals surface area contributed by atoms with Crippen molar-refractivity contribution < 1.29 is 9.90 Å². The van der Waals surface area contributed by atoms with Gasteiger partial charge in [0, 0.05) is 5.57 Å². The quantitative estimate of drug-likeness (QED) is 0.376. The van der Waals surface area contributed by atoms with Crippen LogP contribution < -0.4 is 0 Å². The highest BCUT2D eigenvalue weighted by atomic mass is 16.2. The fourth-order valence-corrected chi connectivity index (χ4v) is 1.67. The summed E-state index contributed by atoms with van der Waals surface area (Å²) in [5.41, 5.74) is 0.574. The van der Waals surface area contributed by atoms with Crippen LogP contribution in [-0.2, 0) is 4.79 Å². The molecule has 62 valence electrons. The Labute approximate surface area is 66.9 Å². The Hall–Kier alpha value is -0.790. The molecule has 2 nitrogen and oxygen atoms in total. The van der Waals surface area contributed by atoms with Crippen LogP contribution in [0.2, 0.25) is 0 Å². The van der Waals surface area contributed by atoms with Crippen LogP contribution in [0.15, 0.2) is 11.8 Å². The topological polar surface area (TPSA) is 37.3 Å². The SMILES string of the molecule is O=C/C(=C/O)C1CCCCC1. The normalized spacial score (nSPS) is 21.6. The maximum Gasteiger partial charge on any atom is 0.149 e. The second-order valence-corrected chi connectivity index (χ2v) is 3.08. The van der Waals surface area contributed by atoms with E-state index in [0.717, 1.165) is 25.4 Å². The first-order valence-electron chi connectivity index (χ1n) is 4.18. The molecule has 0 aromatic rings. The van der Waals surface area contributed by atoms with E-state index in [1.165, 1.54) is 19.3 Å². The molecular weight excluding hydrogens is 140 g/mol. The highest BCUT2D eigenvalue weighted by Crippen LogP contribution is 2.28. The van der Waals surface area contributed by atoms with E-state index in [2.05, 4.69) is 0 Å². The van der Waals surface area contributed by atoms with E-state index >= 15 is 0 Å². The van der Waals surface area contributed by atoms with Gasteiger partial charge in [0.15, 0.2) is 0 Å². The lowest BCUT2D eigenvalue weighted by Gasteiger charge is -2.20. The summed E-state index contributed by atoms with van der Waals surface area (Å²) in [7, 11) is 0. The zero-order valence-electron chi connectivity index (χ0n) is 6.62. The first-order chi connectivity index (χ1) is 5.38. The van der Waals surface area contributed by atoms with Gasteiger partial charge in [0.2, 0.25) is 0 Å². The molecule has 1 fully saturated rings. The van der Waals surface area contributed by atoms with Crippen LogP contribution in [0, 0.1) is 5.92 Å². The minimum Gasteiger partial charge on any atom is -0.515 e. The van der Waals surface area contributed by atoms with Crippen molar-refractivity contribution in [1.29, 1.82) is 0 Å². The molecule has 0 spiro atoms. The highest BCUT2D eigenvalue weighted by molar-refractivity contribution is 5.73. The zero-order valence-corrected chi connectivity index (χ0v) is 6.62. The van der Waals surface area contributed by atoms with Gasteiger partial charge in [-0.2, -0.15) is 0 Å². The zero-order chi connectivity index (χ0) is 8.10. The molecule has 11 heavy (non-hydrogen) atoms. The van der Waals surface area contributed by atoms with E-state index in [-0.39, 0.29) is 0 Å². The summed E-state index contributed by atoms with van der Waals surface area (Å²) < 4.78 is 0. The maximum absolute atomic E-state index is 10.4. The number of aliphatic hydroxyl groups is 1. The van der Waals surface area contributed by atoms with Gasteiger partial charge in [0.25, 0.3) is 0 Å². The molecule has 1 aliphatic carbocycles. The van der Waals surface area contributed by atoms with Gasteiger partial charge in [-0.15, -0.1) is 0 Å². The van der Waals surface area contributed by atoms with Crippen molar-refractivity contribution in [3.63, 3.8) is 0 Å². The van der Waals surface area contributed by atoms with Gasteiger partial charge in [-0.25, -0.2) is 0 Å². The second-order valence-electron chi connectivity index (χ2n) is 3.08. The van der Waals surface area contributed by atoms with Crippen LogP contribution in [-0.4, -0.2) is 11.4 Å². The summed E-state index contributed by atoms with van der Waals surface area (Å²) in [5, 5.41) is 8.68. The molecule has 0 bridgehead atoms. The predicted molar refractivity (Wildman–Crippen MR) is 43.4 cm³/mol. The second kappa shape index (κ2) is 4.16. The summed E-state index contributed by atoms with van der Waals surface area (Å²) in [5.74, 6) is 0.325. The van der Waals surface area contributed by atoms with Gasteiger partial charge < -0.3 is 5.11 Å². The Morgan fingerprint density at radius 3 is 2.36 bits per heavy atom. The number of allylic oxidation sites excluding steroid dienone is 1. The molecule has 0 radical (unpaired) electrons. The summed E-state index contributed by atoms with van der Waals surface area (Å²) in [6, 6.07) is 0. The first kappa shape index (κ1) is 8.31. The van der Waals surface area contributed by atoms with Crippen molar-refractivity contribution in [2.75, 3.05) is 0 Å². The van der Waals surface area contributed by atoms with E-state index in [1.54, 1.807) is 0 Å². The molecule has 0 aliphatic heterocycles. The monoisotopic (exact) mass is 154 g/mol. The number of carbonyl (C=O) groups is 1. The third kappa shape index (κ3) is 2.07. The minimum absolute atomic E-state index is 0.325. The number of hydrogen-bond donors (Lipinski definition) is 1. The number of hydrogen-bond acceptors (Lipinski definition) is 2. The third-order valence-corrected chi connectivity index (χ3v) is 2.36. The summed E-state index contributed by atoms with van der Waals surface area (Å²) >= 11 is 0. The predicted octanol–water partition coefficient (Wildman–Crippen LogP) is 2.21. The molecule has 0 atom stereocenters. The highest BCUT2D eigenvalue weighted by Gasteiger charge is 2.16. The summed E-state index contributed by atoms with van der Waals surface area (Å²) in [6.07, 6.45) is 7.51. The average molecular weight is 154 g/mol. The Morgan fingerprint density at radius 2 is 1.91 bits per heavy atom. The summed E-state index contributed by atoms with van der Waals surface area (Å²) in [6.45, 7) is 0. The number of aliphatic hydroxyl groups excluding tert-OH is 1. The minimum atomic E-state index is 0.325. The first-order valence-corrected chi connectivity index (χ1v) is 4.18. The molecule has 0 unspecified atom stereocenters. The van der Waals surface area contributed by atoms with Crippen molar-refractivity contribution in [2.24, 2.45) is 5.92 Å². The molecule has 1 rings (SSSR count). The van der Waals surface area contributed by atoms with Crippen molar-refractivity contribution in [3.05, 3.63) is 11.8 Å². The Bertz CT molecular complexity index is 155. The lowest BCUT2D eigenvalue weighted by Crippen LogP contribution is -2.09. The molecule has 1 saturated carbocycles. The molecule has 0 saturated heterocycles. The molecule has 0 aromatic carbocycles. The van der Waals surface area contributed by atoms with Crippen molar-refractivity contribution in [3.8, 4) is 0 Å². The Kier molecular flexibility index (Phi) is 3.14. The van der Waals surface area contributed by atoms with Crippen LogP contribution in [0.3, 0.4) is 0 Å². The molecule has 0 amide bonds. The van der Waals surface area contributed by atoms with E-state index in [1.807, 2.05) is 0 Å². The van der Waals surface area contributed by atoms with Crippen LogP contribution in [0.25, 0.3) is 0 Å². The van der Waals surface area contributed by atoms with Crippen LogP contribution in [0.4, 0.5) is 0 Å². The third-order valence-electron chi connectivity index (χ3n) is 2.36. The van der Waals surface area contributed by atoms with Crippen molar-refractivity contribution >= 4 is 6.29 Å². The maximum atomic E-state index is 10.4. The van der Waals surface area contributed by atoms with E-state index in [4.69, 9.17) is 5.11 Å². The Balaban J connectivity index is 2.49. The van der Waals surface area contributed by atoms with E-state index < -0.39 is 0 Å². The lowest BCUT2D eigenvalue weighted by atomic mass is 9.85. The molecular formula is C9H14O2. The fourth-order valence-electron chi connectivity index (χ4n) is 1.67. The Morgan fingerprint density at radius 1 is 1.27 bits per heavy atom. The molecule has 0 heterocycles. The number of carbonyl (C=O) groups excluding carboxylic acids is 1. The molecule has 0 aromatic heterocycles. The standard InChI is InChI=1S/C9H14O2/c10-6-9(7-11)8-4-2-1-3-5-8/h6-8,10H,1-5H2/b9-6-. The van der Waals surface area contributed by atoms with Gasteiger partial charge in [-0.1, -0.05) is 19.3 Å². The average Bonchev–Trinajstić information content (AvgIpc) is 2.09. The van der Waals surface area contributed by atoms with E-state index in [9.17, 15) is 4.79 Å². The van der Waals surface area contributed by atoms with Gasteiger partial charge in [0.1, 0.15) is 6.29 Å². The van der Waals surface area contributed by atoms with E-state index in [0.29, 0.717) is 11.5 Å². The van der Waals surface area contributed by atoms with Gasteiger partial charge >= 0.3 is 0 Å². The number of rotatable bonds is 2. The lowest BCUT2D eigenvalue weighted by molar-refractivity contribution is -0.105. The van der Waals surface area contributed by atoms with Crippen molar-refractivity contribution in [2.45, 2.75) is 32.1 Å². The van der Waals surface area contributed by atoms with Gasteiger partial charge in [0.05, 0.1) is 6.26 Å². The van der Waals surface area contributed by atoms with Crippen LogP contribution in [0.5, 0.6) is 0 Å². The number of aldehydes is 1.